The van der Waals surface area contributed by atoms with E-state index < -0.39 is 16.1 Å². The molecule has 0 saturated heterocycles. The number of benzene rings is 10. The molecule has 0 saturated carbocycles. The zero-order chi connectivity index (χ0) is 41.2. The van der Waals surface area contributed by atoms with Gasteiger partial charge in [-0.1, -0.05) is 232 Å². The van der Waals surface area contributed by atoms with Gasteiger partial charge in [0.2, 0.25) is 0 Å². The van der Waals surface area contributed by atoms with Gasteiger partial charge in [-0.2, -0.15) is 0 Å². The van der Waals surface area contributed by atoms with Crippen LogP contribution in [0, 0.1) is 0 Å². The van der Waals surface area contributed by atoms with Crippen molar-refractivity contribution in [2.45, 2.75) is 39.3 Å². The molecule has 2 heteroatoms. The molecule has 10 aromatic rings. The van der Waals surface area contributed by atoms with Crippen molar-refractivity contribution < 1.29 is 0 Å². The Morgan fingerprint density at radius 3 is 0.733 bits per heavy atom. The molecule has 0 aromatic heterocycles. The molecule has 0 bridgehead atoms. The Bertz CT molecular complexity index is 2910. The van der Waals surface area contributed by atoms with E-state index in [0.717, 1.165) is 0 Å². The summed E-state index contributed by atoms with van der Waals surface area (Å²) in [6.45, 7) is 14.6. The maximum absolute atomic E-state index is 2.46. The average molecular weight is 803 g/mol. The fraction of sp³-hybridized carbons (Fsp3) is 0.103. The van der Waals surface area contributed by atoms with Crippen LogP contribution in [0.25, 0.3) is 99.1 Å². The molecule has 0 amide bonds. The second-order valence-electron chi connectivity index (χ2n) is 18.6. The molecule has 0 aliphatic heterocycles. The molecule has 0 aliphatic rings. The van der Waals surface area contributed by atoms with E-state index in [4.69, 9.17) is 0 Å². The van der Waals surface area contributed by atoms with Crippen molar-refractivity contribution in [1.29, 1.82) is 0 Å². The normalized spacial score (nSPS) is 12.2. The van der Waals surface area contributed by atoms with Crippen LogP contribution in [0.1, 0.15) is 0 Å². The summed E-state index contributed by atoms with van der Waals surface area (Å²) < 4.78 is 0. The lowest BCUT2D eigenvalue weighted by Gasteiger charge is -2.22. The minimum absolute atomic E-state index is 1.23. The van der Waals surface area contributed by atoms with Gasteiger partial charge in [-0.25, -0.2) is 0 Å². The Balaban J connectivity index is 1.26. The molecule has 10 aromatic carbocycles. The number of rotatable bonds is 8. The molecule has 0 heterocycles. The van der Waals surface area contributed by atoms with Gasteiger partial charge in [-0.05, 0) is 111 Å². The van der Waals surface area contributed by atoms with Crippen molar-refractivity contribution in [2.75, 3.05) is 0 Å². The molecule has 0 aliphatic carbocycles. The van der Waals surface area contributed by atoms with E-state index in [-0.39, 0.29) is 0 Å². The average Bonchev–Trinajstić information content (AvgIpc) is 3.28. The molecular formula is C58H50Si2. The number of hydrogen-bond donors (Lipinski definition) is 0. The van der Waals surface area contributed by atoms with Crippen molar-refractivity contribution in [2.24, 2.45) is 0 Å². The SMILES string of the molecule is C[Si](C)(C)c1ccc(-c2cc(-c3ccc(-c4ccccc4)cc3)c3ccc4c(-c5ccc([Si](C)(C)C)cc5)cc(-c5ccc(-c6ccccc6)cc5)c5ccc2c3c54)cc1. The first-order valence-electron chi connectivity index (χ1n) is 21.3. The Kier molecular flexibility index (Phi) is 9.32. The molecule has 290 valence electrons. The van der Waals surface area contributed by atoms with Crippen molar-refractivity contribution in [3.63, 3.8) is 0 Å². The first kappa shape index (κ1) is 37.9. The Labute approximate surface area is 357 Å². The van der Waals surface area contributed by atoms with E-state index in [1.165, 1.54) is 109 Å². The maximum atomic E-state index is 2.46. The molecule has 0 fully saturated rings. The second-order valence-corrected chi connectivity index (χ2v) is 28.7. The summed E-state index contributed by atoms with van der Waals surface area (Å²) in [6.07, 6.45) is 0. The topological polar surface area (TPSA) is 0 Å². The quantitative estimate of drug-likeness (QED) is 0.106. The summed E-state index contributed by atoms with van der Waals surface area (Å²) in [7, 11) is -2.95. The summed E-state index contributed by atoms with van der Waals surface area (Å²) in [5.41, 5.74) is 15.0. The maximum Gasteiger partial charge on any atom is 0.0775 e. The van der Waals surface area contributed by atoms with Crippen LogP contribution in [-0.2, 0) is 0 Å². The highest BCUT2D eigenvalue weighted by molar-refractivity contribution is 6.89. The van der Waals surface area contributed by atoms with Crippen LogP contribution in [-0.4, -0.2) is 16.1 Å². The van der Waals surface area contributed by atoms with Gasteiger partial charge in [0.25, 0.3) is 0 Å². The Morgan fingerprint density at radius 2 is 0.467 bits per heavy atom. The summed E-state index contributed by atoms with van der Waals surface area (Å²) >= 11 is 0. The van der Waals surface area contributed by atoms with Crippen LogP contribution in [0.3, 0.4) is 0 Å². The monoisotopic (exact) mass is 802 g/mol. The van der Waals surface area contributed by atoms with Crippen LogP contribution >= 0.6 is 0 Å². The van der Waals surface area contributed by atoms with Crippen molar-refractivity contribution in [3.8, 4) is 66.8 Å². The first-order chi connectivity index (χ1) is 29.0. The minimum Gasteiger partial charge on any atom is -0.0656 e. The van der Waals surface area contributed by atoms with Crippen LogP contribution in [0.5, 0.6) is 0 Å². The van der Waals surface area contributed by atoms with Gasteiger partial charge in [-0.15, -0.1) is 0 Å². The van der Waals surface area contributed by atoms with Crippen LogP contribution in [0.4, 0.5) is 0 Å². The molecule has 10 rings (SSSR count). The van der Waals surface area contributed by atoms with Gasteiger partial charge in [0.1, 0.15) is 0 Å². The van der Waals surface area contributed by atoms with Gasteiger partial charge in [0, 0.05) is 0 Å². The lowest BCUT2D eigenvalue weighted by atomic mass is 9.82. The zero-order valence-electron chi connectivity index (χ0n) is 35.5. The third kappa shape index (κ3) is 6.80. The van der Waals surface area contributed by atoms with Crippen LogP contribution < -0.4 is 10.4 Å². The molecule has 0 radical (unpaired) electrons. The largest absolute Gasteiger partial charge is 0.0775 e. The summed E-state index contributed by atoms with van der Waals surface area (Å²) in [6, 6.07) is 73.3. The van der Waals surface area contributed by atoms with E-state index in [1.54, 1.807) is 0 Å². The molecule has 0 spiro atoms. The predicted octanol–water partition coefficient (Wildman–Crippen LogP) is 15.7. The minimum atomic E-state index is -1.47. The lowest BCUT2D eigenvalue weighted by molar-refractivity contribution is 1.60. The molecule has 0 atom stereocenters. The van der Waals surface area contributed by atoms with Gasteiger partial charge in [0.15, 0.2) is 0 Å². The van der Waals surface area contributed by atoms with Gasteiger partial charge >= 0.3 is 0 Å². The van der Waals surface area contributed by atoms with Crippen molar-refractivity contribution in [1.82, 2.24) is 0 Å². The molecule has 0 unspecified atom stereocenters. The van der Waals surface area contributed by atoms with E-state index in [9.17, 15) is 0 Å². The molecular weight excluding hydrogens is 753 g/mol. The van der Waals surface area contributed by atoms with Crippen molar-refractivity contribution in [3.05, 3.63) is 194 Å². The first-order valence-corrected chi connectivity index (χ1v) is 28.3. The zero-order valence-corrected chi connectivity index (χ0v) is 37.5. The van der Waals surface area contributed by atoms with Crippen LogP contribution in [0.2, 0.25) is 39.3 Å². The predicted molar refractivity (Wildman–Crippen MR) is 269 cm³/mol. The second kappa shape index (κ2) is 14.7. The molecule has 0 N–H and O–H groups in total. The summed E-state index contributed by atoms with van der Waals surface area (Å²) in [5.74, 6) is 0. The highest BCUT2D eigenvalue weighted by Gasteiger charge is 2.23. The van der Waals surface area contributed by atoms with Gasteiger partial charge < -0.3 is 0 Å². The van der Waals surface area contributed by atoms with E-state index in [0.29, 0.717) is 0 Å². The van der Waals surface area contributed by atoms with Crippen LogP contribution in [0.15, 0.2) is 194 Å². The summed E-state index contributed by atoms with van der Waals surface area (Å²) in [4.78, 5) is 0. The fourth-order valence-electron chi connectivity index (χ4n) is 9.19. The Morgan fingerprint density at radius 1 is 0.233 bits per heavy atom. The van der Waals surface area contributed by atoms with Gasteiger partial charge in [0.05, 0.1) is 16.1 Å². The standard InChI is InChI=1S/C58H50Si2/c1-59(2,3)47-29-25-45(26-30-47)55-37-53(43-21-17-41(18-22-43)39-13-9-7-10-14-39)49-34-36-52-56(46-27-31-48(32-28-46)60(4,5)6)38-54(50-33-35-51(55)57(49)58(50)52)44-23-19-42(20-24-44)40-15-11-8-12-16-40/h7-38H,1-6H3. The lowest BCUT2D eigenvalue weighted by Crippen LogP contribution is -2.37. The Hall–Kier alpha value is -6.33. The van der Waals surface area contributed by atoms with Crippen molar-refractivity contribution >= 4 is 58.8 Å². The van der Waals surface area contributed by atoms with E-state index in [2.05, 4.69) is 233 Å². The van der Waals surface area contributed by atoms with E-state index >= 15 is 0 Å². The number of hydrogen-bond acceptors (Lipinski definition) is 0. The highest BCUT2D eigenvalue weighted by atomic mass is 28.3. The highest BCUT2D eigenvalue weighted by Crippen LogP contribution is 2.48. The van der Waals surface area contributed by atoms with Gasteiger partial charge in [-0.3, -0.25) is 0 Å². The third-order valence-electron chi connectivity index (χ3n) is 12.6. The molecule has 60 heavy (non-hydrogen) atoms. The smallest absolute Gasteiger partial charge is 0.0656 e. The summed E-state index contributed by atoms with van der Waals surface area (Å²) in [5, 5.41) is 10.8. The third-order valence-corrected chi connectivity index (χ3v) is 16.8. The van der Waals surface area contributed by atoms with E-state index in [1.807, 2.05) is 0 Å². The fourth-order valence-corrected chi connectivity index (χ4v) is 11.5. The molecule has 0 nitrogen and oxygen atoms in total.